The predicted octanol–water partition coefficient (Wildman–Crippen LogP) is 2.77. The Labute approximate surface area is 118 Å². The fraction of sp³-hybridized carbons (Fsp3) is 0.312. The van der Waals surface area contributed by atoms with Crippen molar-refractivity contribution < 1.29 is 14.6 Å². The van der Waals surface area contributed by atoms with Crippen LogP contribution in [0.1, 0.15) is 26.3 Å². The van der Waals surface area contributed by atoms with Gasteiger partial charge in [0.05, 0.1) is 11.1 Å². The van der Waals surface area contributed by atoms with Gasteiger partial charge in [-0.15, -0.1) is 0 Å². The van der Waals surface area contributed by atoms with Gasteiger partial charge in [0, 0.05) is 11.6 Å². The van der Waals surface area contributed by atoms with E-state index in [1.165, 1.54) is 4.57 Å². The maximum atomic E-state index is 12.2. The molecule has 2 aromatic rings. The van der Waals surface area contributed by atoms with Crippen molar-refractivity contribution in [3.63, 3.8) is 0 Å². The van der Waals surface area contributed by atoms with E-state index in [1.54, 1.807) is 6.20 Å². The average Bonchev–Trinajstić information content (AvgIpc) is 2.73. The van der Waals surface area contributed by atoms with Gasteiger partial charge in [-0.1, -0.05) is 30.0 Å². The first-order valence-electron chi connectivity index (χ1n) is 6.35. The normalized spacial score (nSPS) is 11.0. The summed E-state index contributed by atoms with van der Waals surface area (Å²) in [6, 6.07) is 7.46. The number of benzene rings is 1. The number of ether oxygens (including phenoxy) is 1. The lowest BCUT2D eigenvalue weighted by molar-refractivity contribution is 0.0544. The van der Waals surface area contributed by atoms with E-state index in [4.69, 9.17) is 9.84 Å². The molecule has 0 bridgehead atoms. The number of hydrogen-bond donors (Lipinski definition) is 1. The lowest BCUT2D eigenvalue weighted by Crippen LogP contribution is -2.26. The fourth-order valence-corrected chi connectivity index (χ4v) is 1.88. The quantitative estimate of drug-likeness (QED) is 0.750. The highest BCUT2D eigenvalue weighted by atomic mass is 16.6. The predicted molar refractivity (Wildman–Crippen MR) is 77.5 cm³/mol. The minimum absolute atomic E-state index is 0.216. The standard InChI is InChI=1S/C16H17NO3/c1-16(2,3)20-15(19)17-11-12(7-6-10-18)13-8-4-5-9-14(13)17/h4-5,8-9,11,18H,10H2,1-3H3. The number of para-hydroxylation sites is 1. The van der Waals surface area contributed by atoms with Crippen LogP contribution in [0.2, 0.25) is 0 Å². The number of rotatable bonds is 0. The van der Waals surface area contributed by atoms with E-state index in [2.05, 4.69) is 11.8 Å². The Morgan fingerprint density at radius 3 is 2.70 bits per heavy atom. The number of aliphatic hydroxyl groups is 1. The van der Waals surface area contributed by atoms with Crippen molar-refractivity contribution in [1.82, 2.24) is 4.57 Å². The molecule has 1 N–H and O–H groups in total. The maximum Gasteiger partial charge on any atom is 0.419 e. The van der Waals surface area contributed by atoms with Gasteiger partial charge in [-0.3, -0.25) is 4.57 Å². The van der Waals surface area contributed by atoms with Crippen LogP contribution in [0.3, 0.4) is 0 Å². The Hall–Kier alpha value is -2.25. The number of hydrogen-bond acceptors (Lipinski definition) is 3. The second-order valence-corrected chi connectivity index (χ2v) is 5.37. The van der Waals surface area contributed by atoms with Gasteiger partial charge < -0.3 is 9.84 Å². The van der Waals surface area contributed by atoms with Crippen LogP contribution in [0.15, 0.2) is 30.5 Å². The van der Waals surface area contributed by atoms with Crippen LogP contribution in [0.25, 0.3) is 10.9 Å². The Morgan fingerprint density at radius 1 is 1.35 bits per heavy atom. The lowest BCUT2D eigenvalue weighted by Gasteiger charge is -2.19. The van der Waals surface area contributed by atoms with Crippen molar-refractivity contribution in [3.05, 3.63) is 36.0 Å². The Bertz CT molecular complexity index is 696. The summed E-state index contributed by atoms with van der Waals surface area (Å²) in [5.74, 6) is 5.44. The van der Waals surface area contributed by atoms with Gasteiger partial charge in [0.25, 0.3) is 0 Å². The van der Waals surface area contributed by atoms with Crippen LogP contribution in [-0.4, -0.2) is 28.0 Å². The molecule has 0 atom stereocenters. The molecule has 0 aliphatic rings. The highest BCUT2D eigenvalue weighted by molar-refractivity contribution is 5.93. The van der Waals surface area contributed by atoms with Gasteiger partial charge in [-0.05, 0) is 26.8 Å². The number of aromatic nitrogens is 1. The second kappa shape index (κ2) is 5.40. The lowest BCUT2D eigenvalue weighted by atomic mass is 10.2. The molecular formula is C16H17NO3. The summed E-state index contributed by atoms with van der Waals surface area (Å²) < 4.78 is 6.82. The molecule has 2 rings (SSSR count). The molecule has 4 heteroatoms. The van der Waals surface area contributed by atoms with Crippen molar-refractivity contribution in [2.75, 3.05) is 6.61 Å². The molecule has 0 amide bonds. The third-order valence-corrected chi connectivity index (χ3v) is 2.60. The molecular weight excluding hydrogens is 254 g/mol. The summed E-state index contributed by atoms with van der Waals surface area (Å²) in [5.41, 5.74) is 0.879. The number of nitrogens with zero attached hydrogens (tertiary/aromatic N) is 1. The molecule has 0 aliphatic heterocycles. The molecule has 0 aliphatic carbocycles. The van der Waals surface area contributed by atoms with Crippen LogP contribution in [0.4, 0.5) is 4.79 Å². The van der Waals surface area contributed by atoms with Gasteiger partial charge in [0.15, 0.2) is 0 Å². The van der Waals surface area contributed by atoms with Crippen LogP contribution >= 0.6 is 0 Å². The summed E-state index contributed by atoms with van der Waals surface area (Å²) in [7, 11) is 0. The molecule has 104 valence electrons. The first kappa shape index (κ1) is 14.2. The van der Waals surface area contributed by atoms with E-state index in [1.807, 2.05) is 45.0 Å². The summed E-state index contributed by atoms with van der Waals surface area (Å²) in [6.45, 7) is 5.25. The number of carbonyl (C=O) groups is 1. The Balaban J connectivity index is 2.51. The first-order valence-corrected chi connectivity index (χ1v) is 6.35. The largest absolute Gasteiger partial charge is 0.443 e. The molecule has 1 heterocycles. The molecule has 0 spiro atoms. The van der Waals surface area contributed by atoms with E-state index in [9.17, 15) is 4.79 Å². The zero-order valence-electron chi connectivity index (χ0n) is 11.8. The van der Waals surface area contributed by atoms with Crippen molar-refractivity contribution in [1.29, 1.82) is 0 Å². The van der Waals surface area contributed by atoms with Crippen molar-refractivity contribution in [2.45, 2.75) is 26.4 Å². The fourth-order valence-electron chi connectivity index (χ4n) is 1.88. The van der Waals surface area contributed by atoms with Crippen LogP contribution in [-0.2, 0) is 4.74 Å². The molecule has 0 fully saturated rings. The van der Waals surface area contributed by atoms with E-state index >= 15 is 0 Å². The molecule has 1 aromatic heterocycles. The maximum absolute atomic E-state index is 12.2. The van der Waals surface area contributed by atoms with Crippen LogP contribution in [0, 0.1) is 11.8 Å². The van der Waals surface area contributed by atoms with E-state index in [-0.39, 0.29) is 6.61 Å². The average molecular weight is 271 g/mol. The Morgan fingerprint density at radius 2 is 2.05 bits per heavy atom. The molecule has 1 aromatic carbocycles. The number of carbonyl (C=O) groups excluding carboxylic acids is 1. The van der Waals surface area contributed by atoms with Crippen molar-refractivity contribution in [2.24, 2.45) is 0 Å². The SMILES string of the molecule is CC(C)(C)OC(=O)n1cc(C#CCO)c2ccccc21. The van der Waals surface area contributed by atoms with Gasteiger partial charge in [0.2, 0.25) is 0 Å². The van der Waals surface area contributed by atoms with E-state index in [0.717, 1.165) is 10.9 Å². The van der Waals surface area contributed by atoms with Crippen LogP contribution in [0.5, 0.6) is 0 Å². The third-order valence-electron chi connectivity index (χ3n) is 2.60. The monoisotopic (exact) mass is 271 g/mol. The minimum atomic E-state index is -0.556. The zero-order valence-corrected chi connectivity index (χ0v) is 11.8. The van der Waals surface area contributed by atoms with Gasteiger partial charge in [-0.25, -0.2) is 4.79 Å². The molecule has 0 saturated heterocycles. The summed E-state index contributed by atoms with van der Waals surface area (Å²) in [5, 5.41) is 9.66. The number of aliphatic hydroxyl groups excluding tert-OH is 1. The number of fused-ring (bicyclic) bond motifs is 1. The van der Waals surface area contributed by atoms with Crippen molar-refractivity contribution in [3.8, 4) is 11.8 Å². The second-order valence-electron chi connectivity index (χ2n) is 5.37. The third kappa shape index (κ3) is 3.01. The van der Waals surface area contributed by atoms with Crippen molar-refractivity contribution >= 4 is 17.0 Å². The Kier molecular flexibility index (Phi) is 3.82. The highest BCUT2D eigenvalue weighted by Gasteiger charge is 2.20. The molecule has 0 radical (unpaired) electrons. The topological polar surface area (TPSA) is 51.5 Å². The van der Waals surface area contributed by atoms with Gasteiger partial charge in [0.1, 0.15) is 12.2 Å². The van der Waals surface area contributed by atoms with E-state index in [0.29, 0.717) is 5.56 Å². The van der Waals surface area contributed by atoms with Gasteiger partial charge in [-0.2, -0.15) is 0 Å². The molecule has 4 nitrogen and oxygen atoms in total. The zero-order chi connectivity index (χ0) is 14.8. The summed E-state index contributed by atoms with van der Waals surface area (Å²) >= 11 is 0. The van der Waals surface area contributed by atoms with Gasteiger partial charge >= 0.3 is 6.09 Å². The first-order chi connectivity index (χ1) is 9.42. The molecule has 0 unspecified atom stereocenters. The highest BCUT2D eigenvalue weighted by Crippen LogP contribution is 2.22. The molecule has 0 saturated carbocycles. The molecule has 20 heavy (non-hydrogen) atoms. The van der Waals surface area contributed by atoms with E-state index < -0.39 is 11.7 Å². The summed E-state index contributed by atoms with van der Waals surface area (Å²) in [6.07, 6.45) is 1.20. The smallest absolute Gasteiger partial charge is 0.419 e. The summed E-state index contributed by atoms with van der Waals surface area (Å²) in [4.78, 5) is 12.2. The minimum Gasteiger partial charge on any atom is -0.443 e. The van der Waals surface area contributed by atoms with Crippen LogP contribution < -0.4 is 0 Å².